The van der Waals surface area contributed by atoms with Crippen molar-refractivity contribution in [3.63, 3.8) is 0 Å². The molecule has 0 bridgehead atoms. The molecule has 0 amide bonds. The number of hydrogen-bond donors (Lipinski definition) is 1. The maximum atomic E-state index is 4.49. The van der Waals surface area contributed by atoms with E-state index in [0.717, 1.165) is 24.0 Å². The van der Waals surface area contributed by atoms with Gasteiger partial charge in [0.25, 0.3) is 0 Å². The van der Waals surface area contributed by atoms with E-state index in [9.17, 15) is 0 Å². The van der Waals surface area contributed by atoms with Crippen LogP contribution in [0.5, 0.6) is 0 Å². The van der Waals surface area contributed by atoms with Gasteiger partial charge in [-0.2, -0.15) is 0 Å². The number of hydrogen-bond acceptors (Lipinski definition) is 4. The van der Waals surface area contributed by atoms with E-state index in [1.807, 2.05) is 44.3 Å². The van der Waals surface area contributed by atoms with E-state index in [4.69, 9.17) is 0 Å². The molecule has 0 fully saturated rings. The van der Waals surface area contributed by atoms with Gasteiger partial charge in [-0.05, 0) is 12.5 Å². The highest BCUT2D eigenvalue weighted by molar-refractivity contribution is 5.49. The molecule has 1 aromatic carbocycles. The molecule has 20 heavy (non-hydrogen) atoms. The van der Waals surface area contributed by atoms with Crippen LogP contribution < -0.4 is 10.2 Å². The summed E-state index contributed by atoms with van der Waals surface area (Å²) in [5.41, 5.74) is 1.26. The first-order valence-electron chi connectivity index (χ1n) is 6.64. The number of benzene rings is 1. The van der Waals surface area contributed by atoms with Gasteiger partial charge in [-0.25, -0.2) is 9.97 Å². The molecule has 0 aliphatic heterocycles. The molecule has 2 rings (SSSR count). The normalized spacial score (nSPS) is 10.1. The first kappa shape index (κ1) is 14.1. The summed E-state index contributed by atoms with van der Waals surface area (Å²) >= 11 is 0. The predicted octanol–water partition coefficient (Wildman–Crippen LogP) is 3.02. The minimum Gasteiger partial charge on any atom is -0.366 e. The molecular formula is C16H20N4. The number of anilines is 2. The van der Waals surface area contributed by atoms with Crippen molar-refractivity contribution in [2.45, 2.75) is 13.5 Å². The predicted molar refractivity (Wildman–Crippen MR) is 84.0 cm³/mol. The van der Waals surface area contributed by atoms with E-state index in [-0.39, 0.29) is 0 Å². The number of aryl methyl sites for hydroxylation is 1. The van der Waals surface area contributed by atoms with Gasteiger partial charge in [-0.1, -0.05) is 36.4 Å². The third kappa shape index (κ3) is 3.82. The Morgan fingerprint density at radius 3 is 2.70 bits per heavy atom. The Morgan fingerprint density at radius 1 is 1.25 bits per heavy atom. The van der Waals surface area contributed by atoms with Gasteiger partial charge in [0, 0.05) is 26.2 Å². The van der Waals surface area contributed by atoms with Gasteiger partial charge in [0.15, 0.2) is 0 Å². The van der Waals surface area contributed by atoms with Gasteiger partial charge >= 0.3 is 0 Å². The summed E-state index contributed by atoms with van der Waals surface area (Å²) in [5.74, 6) is 2.49. The molecule has 1 heterocycles. The Hall–Kier alpha value is -2.36. The molecule has 1 aromatic heterocycles. The van der Waals surface area contributed by atoms with E-state index >= 15 is 0 Å². The Labute approximate surface area is 120 Å². The second kappa shape index (κ2) is 6.70. The first-order chi connectivity index (χ1) is 9.69. The van der Waals surface area contributed by atoms with Crippen molar-refractivity contribution in [2.24, 2.45) is 0 Å². The van der Waals surface area contributed by atoms with Gasteiger partial charge in [0.2, 0.25) is 0 Å². The van der Waals surface area contributed by atoms with Gasteiger partial charge < -0.3 is 10.2 Å². The van der Waals surface area contributed by atoms with Gasteiger partial charge in [0.1, 0.15) is 17.5 Å². The highest BCUT2D eigenvalue weighted by Gasteiger charge is 2.07. The van der Waals surface area contributed by atoms with Crippen molar-refractivity contribution in [2.75, 3.05) is 23.8 Å². The van der Waals surface area contributed by atoms with Crippen molar-refractivity contribution in [3.8, 4) is 0 Å². The van der Waals surface area contributed by atoms with Crippen LogP contribution in [0.25, 0.3) is 0 Å². The van der Waals surface area contributed by atoms with E-state index < -0.39 is 0 Å². The van der Waals surface area contributed by atoms with Crippen molar-refractivity contribution >= 4 is 11.6 Å². The lowest BCUT2D eigenvalue weighted by molar-refractivity contribution is 0.879. The van der Waals surface area contributed by atoms with E-state index in [1.165, 1.54) is 5.56 Å². The zero-order valence-electron chi connectivity index (χ0n) is 12.0. The standard InChI is InChI=1S/C16H20N4/c1-4-10-17-15-11-16(19-13(2)18-15)20(3)12-14-8-6-5-7-9-14/h4-9,11H,1,10,12H2,2-3H3,(H,17,18,19). The lowest BCUT2D eigenvalue weighted by Gasteiger charge is -2.19. The van der Waals surface area contributed by atoms with Crippen LogP contribution in [0.2, 0.25) is 0 Å². The van der Waals surface area contributed by atoms with Crippen LogP contribution in [0.15, 0.2) is 49.1 Å². The summed E-state index contributed by atoms with van der Waals surface area (Å²) < 4.78 is 0. The number of nitrogens with one attached hydrogen (secondary N) is 1. The third-order valence-corrected chi connectivity index (χ3v) is 2.91. The molecule has 2 aromatic rings. The quantitative estimate of drug-likeness (QED) is 0.818. The van der Waals surface area contributed by atoms with Crippen molar-refractivity contribution in [1.82, 2.24) is 9.97 Å². The van der Waals surface area contributed by atoms with E-state index in [1.54, 1.807) is 0 Å². The molecule has 0 unspecified atom stereocenters. The lowest BCUT2D eigenvalue weighted by atomic mass is 10.2. The van der Waals surface area contributed by atoms with Crippen molar-refractivity contribution in [1.29, 1.82) is 0 Å². The molecule has 4 nitrogen and oxygen atoms in total. The number of rotatable bonds is 6. The lowest BCUT2D eigenvalue weighted by Crippen LogP contribution is -2.18. The van der Waals surface area contributed by atoms with Crippen LogP contribution in [0.4, 0.5) is 11.6 Å². The van der Waals surface area contributed by atoms with Crippen molar-refractivity contribution in [3.05, 3.63) is 60.4 Å². The molecule has 0 aliphatic rings. The average molecular weight is 268 g/mol. The maximum absolute atomic E-state index is 4.49. The van der Waals surface area contributed by atoms with E-state index in [2.05, 4.69) is 38.9 Å². The molecule has 104 valence electrons. The smallest absolute Gasteiger partial charge is 0.134 e. The van der Waals surface area contributed by atoms with Gasteiger partial charge in [-0.15, -0.1) is 6.58 Å². The van der Waals surface area contributed by atoms with Crippen LogP contribution >= 0.6 is 0 Å². The maximum Gasteiger partial charge on any atom is 0.134 e. The fraction of sp³-hybridized carbons (Fsp3) is 0.250. The fourth-order valence-corrected chi connectivity index (χ4v) is 1.95. The number of aromatic nitrogens is 2. The van der Waals surface area contributed by atoms with Crippen LogP contribution in [-0.2, 0) is 6.54 Å². The molecular weight excluding hydrogens is 248 g/mol. The van der Waals surface area contributed by atoms with Crippen molar-refractivity contribution < 1.29 is 0 Å². The van der Waals surface area contributed by atoms with E-state index in [0.29, 0.717) is 6.54 Å². The second-order valence-electron chi connectivity index (χ2n) is 4.67. The average Bonchev–Trinajstić information content (AvgIpc) is 2.45. The molecule has 0 aliphatic carbocycles. The fourth-order valence-electron chi connectivity index (χ4n) is 1.95. The minimum atomic E-state index is 0.693. The SMILES string of the molecule is C=CCNc1cc(N(C)Cc2ccccc2)nc(C)n1. The monoisotopic (exact) mass is 268 g/mol. The largest absolute Gasteiger partial charge is 0.366 e. The van der Waals surface area contributed by atoms with Crippen LogP contribution in [0.1, 0.15) is 11.4 Å². The van der Waals surface area contributed by atoms with Crippen LogP contribution in [0, 0.1) is 6.92 Å². The topological polar surface area (TPSA) is 41.0 Å². The number of nitrogens with zero attached hydrogens (tertiary/aromatic N) is 3. The minimum absolute atomic E-state index is 0.693. The highest BCUT2D eigenvalue weighted by Crippen LogP contribution is 2.16. The Bertz CT molecular complexity index is 566. The molecule has 0 atom stereocenters. The summed E-state index contributed by atoms with van der Waals surface area (Å²) in [5, 5.41) is 3.20. The molecule has 0 spiro atoms. The summed E-state index contributed by atoms with van der Waals surface area (Å²) in [6.45, 7) is 7.11. The Morgan fingerprint density at radius 2 is 2.00 bits per heavy atom. The summed E-state index contributed by atoms with van der Waals surface area (Å²) in [6, 6.07) is 12.3. The van der Waals surface area contributed by atoms with Gasteiger partial charge in [-0.3, -0.25) is 0 Å². The molecule has 0 saturated carbocycles. The summed E-state index contributed by atoms with van der Waals surface area (Å²) in [4.78, 5) is 11.0. The Balaban J connectivity index is 2.14. The first-order valence-corrected chi connectivity index (χ1v) is 6.64. The summed E-state index contributed by atoms with van der Waals surface area (Å²) in [7, 11) is 2.03. The van der Waals surface area contributed by atoms with Gasteiger partial charge in [0.05, 0.1) is 0 Å². The third-order valence-electron chi connectivity index (χ3n) is 2.91. The second-order valence-corrected chi connectivity index (χ2v) is 4.67. The van der Waals surface area contributed by atoms with Crippen LogP contribution in [0.3, 0.4) is 0 Å². The highest BCUT2D eigenvalue weighted by atomic mass is 15.2. The Kier molecular flexibility index (Phi) is 4.71. The zero-order valence-corrected chi connectivity index (χ0v) is 12.0. The molecule has 0 radical (unpaired) electrons. The summed E-state index contributed by atoms with van der Waals surface area (Å²) in [6.07, 6.45) is 1.81. The molecule has 4 heteroatoms. The molecule has 1 N–H and O–H groups in total. The van der Waals surface area contributed by atoms with Crippen LogP contribution in [-0.4, -0.2) is 23.6 Å². The zero-order chi connectivity index (χ0) is 14.4. The molecule has 0 saturated heterocycles.